The smallest absolute Gasteiger partial charge is 0.134 e. The summed E-state index contributed by atoms with van der Waals surface area (Å²) in [6.07, 6.45) is 0. The number of benzene rings is 1. The zero-order valence-corrected chi connectivity index (χ0v) is 7.13. The SMILES string of the molecule is Nc1cc(Br)cc(N=O)c1N. The third kappa shape index (κ3) is 1.48. The van der Waals surface area contributed by atoms with Crippen LogP contribution < -0.4 is 11.5 Å². The van der Waals surface area contributed by atoms with Crippen LogP contribution in [0.3, 0.4) is 0 Å². The lowest BCUT2D eigenvalue weighted by molar-refractivity contribution is 1.48. The lowest BCUT2D eigenvalue weighted by Gasteiger charge is -2.01. The van der Waals surface area contributed by atoms with Gasteiger partial charge in [0, 0.05) is 4.47 Å². The van der Waals surface area contributed by atoms with Gasteiger partial charge in [-0.25, -0.2) is 0 Å². The number of hydrogen-bond donors (Lipinski definition) is 2. The summed E-state index contributed by atoms with van der Waals surface area (Å²) < 4.78 is 0.693. The van der Waals surface area contributed by atoms with Gasteiger partial charge in [-0.2, -0.15) is 0 Å². The topological polar surface area (TPSA) is 81.5 Å². The second-order valence-electron chi connectivity index (χ2n) is 2.02. The molecule has 0 aliphatic carbocycles. The predicted molar refractivity (Wildman–Crippen MR) is 48.4 cm³/mol. The Hall–Kier alpha value is -1.10. The average Bonchev–Trinajstić information content (AvgIpc) is 1.96. The van der Waals surface area contributed by atoms with Gasteiger partial charge in [0.15, 0.2) is 0 Å². The van der Waals surface area contributed by atoms with Crippen molar-refractivity contribution in [2.45, 2.75) is 0 Å². The van der Waals surface area contributed by atoms with E-state index in [9.17, 15) is 4.91 Å². The lowest BCUT2D eigenvalue weighted by Crippen LogP contribution is -1.94. The van der Waals surface area contributed by atoms with Crippen molar-refractivity contribution in [3.63, 3.8) is 0 Å². The Morgan fingerprint density at radius 2 is 2.00 bits per heavy atom. The van der Waals surface area contributed by atoms with Gasteiger partial charge in [-0.15, -0.1) is 4.91 Å². The largest absolute Gasteiger partial charge is 0.397 e. The highest BCUT2D eigenvalue weighted by Crippen LogP contribution is 2.31. The van der Waals surface area contributed by atoms with Crippen molar-refractivity contribution in [1.29, 1.82) is 0 Å². The van der Waals surface area contributed by atoms with Crippen LogP contribution >= 0.6 is 15.9 Å². The van der Waals surface area contributed by atoms with Crippen molar-refractivity contribution < 1.29 is 0 Å². The van der Waals surface area contributed by atoms with E-state index in [4.69, 9.17) is 11.5 Å². The summed E-state index contributed by atoms with van der Waals surface area (Å²) >= 11 is 3.15. The molecule has 0 aromatic heterocycles. The van der Waals surface area contributed by atoms with E-state index in [0.29, 0.717) is 10.2 Å². The molecule has 0 spiro atoms. The Labute approximate surface area is 71.7 Å². The van der Waals surface area contributed by atoms with E-state index in [1.807, 2.05) is 0 Å². The molecular formula is C6H6BrN3O. The van der Waals surface area contributed by atoms with Crippen molar-refractivity contribution in [1.82, 2.24) is 0 Å². The number of halogens is 1. The standard InChI is InChI=1S/C6H6BrN3O/c7-3-1-4(8)6(9)5(2-3)10-11/h1-2H,8-9H2. The number of hydrogen-bond acceptors (Lipinski definition) is 4. The second-order valence-corrected chi connectivity index (χ2v) is 2.93. The molecule has 0 unspecified atom stereocenters. The molecule has 0 saturated heterocycles. The molecule has 0 aliphatic heterocycles. The molecule has 1 aromatic rings. The zero-order valence-electron chi connectivity index (χ0n) is 5.54. The molecule has 5 heteroatoms. The van der Waals surface area contributed by atoms with E-state index in [1.165, 1.54) is 6.07 Å². The maximum atomic E-state index is 10.1. The molecule has 11 heavy (non-hydrogen) atoms. The summed E-state index contributed by atoms with van der Waals surface area (Å²) in [5.41, 5.74) is 11.6. The fourth-order valence-corrected chi connectivity index (χ4v) is 1.16. The molecule has 1 aromatic carbocycles. The van der Waals surface area contributed by atoms with Gasteiger partial charge >= 0.3 is 0 Å². The van der Waals surface area contributed by atoms with E-state index in [-0.39, 0.29) is 11.4 Å². The first-order chi connectivity index (χ1) is 5.15. The molecule has 4 nitrogen and oxygen atoms in total. The highest BCUT2D eigenvalue weighted by atomic mass is 79.9. The van der Waals surface area contributed by atoms with Crippen molar-refractivity contribution >= 4 is 33.0 Å². The van der Waals surface area contributed by atoms with E-state index in [0.717, 1.165) is 0 Å². The highest BCUT2D eigenvalue weighted by Gasteiger charge is 2.03. The number of nitroso groups, excluding NO2 is 1. The minimum Gasteiger partial charge on any atom is -0.397 e. The number of rotatable bonds is 1. The van der Waals surface area contributed by atoms with Crippen LogP contribution in [0.1, 0.15) is 0 Å². The van der Waals surface area contributed by atoms with Crippen LogP contribution in [0.25, 0.3) is 0 Å². The van der Waals surface area contributed by atoms with E-state index in [1.54, 1.807) is 6.07 Å². The van der Waals surface area contributed by atoms with Crippen LogP contribution in [0.15, 0.2) is 21.8 Å². The van der Waals surface area contributed by atoms with Gasteiger partial charge in [0.1, 0.15) is 5.69 Å². The maximum absolute atomic E-state index is 10.1. The number of nitrogens with two attached hydrogens (primary N) is 2. The predicted octanol–water partition coefficient (Wildman–Crippen LogP) is 2.01. The molecule has 58 valence electrons. The summed E-state index contributed by atoms with van der Waals surface area (Å²) in [7, 11) is 0. The molecule has 0 saturated carbocycles. The first-order valence-electron chi connectivity index (χ1n) is 2.83. The van der Waals surface area contributed by atoms with Gasteiger partial charge in [0.25, 0.3) is 0 Å². The molecule has 0 bridgehead atoms. The van der Waals surface area contributed by atoms with E-state index in [2.05, 4.69) is 21.1 Å². The minimum atomic E-state index is 0.164. The maximum Gasteiger partial charge on any atom is 0.134 e. The third-order valence-corrected chi connectivity index (χ3v) is 1.71. The molecule has 0 amide bonds. The lowest BCUT2D eigenvalue weighted by atomic mass is 10.2. The average molecular weight is 216 g/mol. The quantitative estimate of drug-likeness (QED) is 0.556. The first kappa shape index (κ1) is 8.00. The van der Waals surface area contributed by atoms with Crippen LogP contribution in [0.5, 0.6) is 0 Å². The fraction of sp³-hybridized carbons (Fsp3) is 0. The Balaban J connectivity index is 3.35. The molecule has 0 radical (unpaired) electrons. The van der Waals surface area contributed by atoms with E-state index >= 15 is 0 Å². The fourth-order valence-electron chi connectivity index (χ4n) is 0.700. The van der Waals surface area contributed by atoms with Crippen molar-refractivity contribution in [3.05, 3.63) is 21.5 Å². The van der Waals surface area contributed by atoms with Crippen LogP contribution in [-0.2, 0) is 0 Å². The molecular weight excluding hydrogens is 210 g/mol. The second kappa shape index (κ2) is 2.87. The molecule has 1 rings (SSSR count). The summed E-state index contributed by atoms with van der Waals surface area (Å²) in [6.45, 7) is 0. The van der Waals surface area contributed by atoms with Gasteiger partial charge in [-0.05, 0) is 17.3 Å². The first-order valence-corrected chi connectivity index (χ1v) is 3.62. The molecule has 4 N–H and O–H groups in total. The number of anilines is 2. The molecule has 0 aliphatic rings. The monoisotopic (exact) mass is 215 g/mol. The van der Waals surface area contributed by atoms with Crippen molar-refractivity contribution in [2.24, 2.45) is 5.18 Å². The highest BCUT2D eigenvalue weighted by molar-refractivity contribution is 9.10. The summed E-state index contributed by atoms with van der Waals surface area (Å²) in [6, 6.07) is 3.13. The van der Waals surface area contributed by atoms with Crippen LogP contribution in [-0.4, -0.2) is 0 Å². The summed E-state index contributed by atoms with van der Waals surface area (Å²) in [5, 5.41) is 2.71. The van der Waals surface area contributed by atoms with Gasteiger partial charge < -0.3 is 11.5 Å². The molecule has 0 atom stereocenters. The van der Waals surface area contributed by atoms with Gasteiger partial charge in [-0.1, -0.05) is 15.9 Å². The Morgan fingerprint density at radius 1 is 1.36 bits per heavy atom. The molecule has 0 heterocycles. The Morgan fingerprint density at radius 3 is 2.55 bits per heavy atom. The Kier molecular flexibility index (Phi) is 2.09. The van der Waals surface area contributed by atoms with Gasteiger partial charge in [0.05, 0.1) is 11.4 Å². The van der Waals surface area contributed by atoms with Gasteiger partial charge in [0.2, 0.25) is 0 Å². The van der Waals surface area contributed by atoms with Crippen molar-refractivity contribution in [3.8, 4) is 0 Å². The minimum absolute atomic E-state index is 0.164. The van der Waals surface area contributed by atoms with Crippen LogP contribution in [0.2, 0.25) is 0 Å². The molecule has 0 fully saturated rings. The zero-order chi connectivity index (χ0) is 8.43. The third-order valence-electron chi connectivity index (χ3n) is 1.25. The van der Waals surface area contributed by atoms with E-state index < -0.39 is 0 Å². The van der Waals surface area contributed by atoms with Crippen LogP contribution in [0, 0.1) is 4.91 Å². The van der Waals surface area contributed by atoms with Crippen molar-refractivity contribution in [2.75, 3.05) is 11.5 Å². The van der Waals surface area contributed by atoms with Gasteiger partial charge in [-0.3, -0.25) is 0 Å². The Bertz CT molecular complexity index is 300. The summed E-state index contributed by atoms with van der Waals surface area (Å²) in [4.78, 5) is 10.1. The normalized spacial score (nSPS) is 9.55. The van der Waals surface area contributed by atoms with Crippen LogP contribution in [0.4, 0.5) is 17.1 Å². The number of nitrogen functional groups attached to an aromatic ring is 2. The summed E-state index contributed by atoms with van der Waals surface area (Å²) in [5.74, 6) is 0. The number of nitrogens with zero attached hydrogens (tertiary/aromatic N) is 1.